The number of halogens is 6. The summed E-state index contributed by atoms with van der Waals surface area (Å²) in [6.45, 7) is -0.315. The van der Waals surface area contributed by atoms with Crippen molar-refractivity contribution in [2.45, 2.75) is 50.5 Å². The highest BCUT2D eigenvalue weighted by Gasteiger charge is 2.52. The molecule has 19 heteroatoms. The van der Waals surface area contributed by atoms with Gasteiger partial charge in [0.25, 0.3) is 11.8 Å². The molecule has 0 aliphatic heterocycles. The molecule has 0 spiro atoms. The Balaban J connectivity index is 1.95. The lowest BCUT2D eigenvalue weighted by Crippen LogP contribution is -2.58. The van der Waals surface area contributed by atoms with Crippen molar-refractivity contribution in [3.63, 3.8) is 0 Å². The summed E-state index contributed by atoms with van der Waals surface area (Å²) in [5.74, 6) is -14.6. The van der Waals surface area contributed by atoms with Crippen molar-refractivity contribution in [1.82, 2.24) is 21.3 Å². The van der Waals surface area contributed by atoms with Crippen LogP contribution in [0, 0.1) is 5.92 Å². The van der Waals surface area contributed by atoms with Crippen LogP contribution >= 0.6 is 11.6 Å². The summed E-state index contributed by atoms with van der Waals surface area (Å²) < 4.78 is 77.8. The van der Waals surface area contributed by atoms with Crippen LogP contribution in [0.15, 0.2) is 72.8 Å². The Labute approximate surface area is 315 Å². The van der Waals surface area contributed by atoms with Gasteiger partial charge in [0, 0.05) is 17.0 Å². The summed E-state index contributed by atoms with van der Waals surface area (Å²) in [6, 6.07) is 11.7. The minimum atomic E-state index is -5.06. The van der Waals surface area contributed by atoms with Crippen LogP contribution in [0.1, 0.15) is 41.4 Å². The highest BCUT2D eigenvalue weighted by molar-refractivity contribution is 6.30. The van der Waals surface area contributed by atoms with Crippen LogP contribution in [0.4, 0.5) is 22.0 Å². The summed E-state index contributed by atoms with van der Waals surface area (Å²) in [5.41, 5.74) is 0.530. The third-order valence-corrected chi connectivity index (χ3v) is 7.95. The van der Waals surface area contributed by atoms with Gasteiger partial charge in [0.2, 0.25) is 17.6 Å². The van der Waals surface area contributed by atoms with Crippen LogP contribution in [0.25, 0.3) is 0 Å². The molecule has 13 nitrogen and oxygen atoms in total. The highest BCUT2D eigenvalue weighted by Crippen LogP contribution is 2.24. The molecule has 4 amide bonds. The number of alkyl halides is 5. The fourth-order valence-electron chi connectivity index (χ4n) is 4.91. The van der Waals surface area contributed by atoms with E-state index in [1.165, 1.54) is 75.6 Å². The van der Waals surface area contributed by atoms with Gasteiger partial charge in [0.1, 0.15) is 30.1 Å². The number of carboxylic acids is 1. The van der Waals surface area contributed by atoms with E-state index in [1.807, 2.05) is 0 Å². The Morgan fingerprint density at radius 1 is 0.818 bits per heavy atom. The zero-order valence-electron chi connectivity index (χ0n) is 29.3. The lowest BCUT2D eigenvalue weighted by Gasteiger charge is -2.28. The van der Waals surface area contributed by atoms with E-state index in [2.05, 4.69) is 16.0 Å². The number of amides is 4. The molecule has 3 aromatic rings. The number of hydrogen-bond donors (Lipinski definition) is 5. The number of carbonyl (C=O) groups excluding carboxylic acids is 5. The van der Waals surface area contributed by atoms with E-state index >= 15 is 0 Å². The molecule has 0 fully saturated rings. The molecule has 3 atom stereocenters. The summed E-state index contributed by atoms with van der Waals surface area (Å²) in [7, 11) is 1.35. The van der Waals surface area contributed by atoms with Crippen molar-refractivity contribution in [1.29, 1.82) is 0 Å². The summed E-state index contributed by atoms with van der Waals surface area (Å²) in [6.07, 6.45) is -5.25. The van der Waals surface area contributed by atoms with Gasteiger partial charge in [-0.1, -0.05) is 49.7 Å². The van der Waals surface area contributed by atoms with Crippen molar-refractivity contribution in [2.24, 2.45) is 5.92 Å². The fourth-order valence-corrected chi connectivity index (χ4v) is 5.12. The Morgan fingerprint density at radius 2 is 1.44 bits per heavy atom. The largest absolute Gasteiger partial charge is 0.497 e. The van der Waals surface area contributed by atoms with E-state index in [1.54, 1.807) is 18.2 Å². The molecule has 3 aromatic carbocycles. The number of Topliss-reactive ketones (excluding diaryl/α,β-unsaturated/α-hetero) is 1. The number of carboxylic acid groups (broad SMARTS) is 1. The lowest BCUT2D eigenvalue weighted by atomic mass is 9.94. The van der Waals surface area contributed by atoms with Gasteiger partial charge >= 0.3 is 18.1 Å². The second kappa shape index (κ2) is 19.0. The molecular formula is C36H36ClF5N4O9. The minimum Gasteiger partial charge on any atom is -0.497 e. The normalized spacial score (nSPS) is 13.1. The number of carbonyl (C=O) groups is 6. The van der Waals surface area contributed by atoms with Gasteiger partial charge in [-0.3, -0.25) is 24.0 Å². The standard InChI is InChI=1S/C36H36ClF5N4O9/c1-19(2)28(30(49)36(41,42)34(53)43-18-35(38,39)40)45-33(52)29(21-7-11-24(54-3)12-8-21)46-32(51)26(16-20-5-4-6-23(37)15-20)44-31(50)22-9-13-25(14-10-22)55-17-27(47)48/h4-15,19,26,28-29H,16-18H2,1-3H3,(H,43,53)(H,44,50)(H,45,52)(H,46,51)(H,47,48). The molecule has 5 N–H and O–H groups in total. The van der Waals surface area contributed by atoms with Gasteiger partial charge in [-0.15, -0.1) is 0 Å². The SMILES string of the molecule is COc1ccc(C(NC(=O)C(Cc2cccc(Cl)c2)NC(=O)c2ccc(OCC(=O)O)cc2)C(=O)NC(C(=O)C(F)(F)C(=O)NCC(F)(F)F)C(C)C)cc1. The zero-order valence-corrected chi connectivity index (χ0v) is 30.1. The number of benzene rings is 3. The van der Waals surface area contributed by atoms with E-state index in [9.17, 15) is 50.7 Å². The second-order valence-electron chi connectivity index (χ2n) is 12.2. The Hall–Kier alpha value is -5.78. The molecular weight excluding hydrogens is 763 g/mol. The molecule has 0 aromatic heterocycles. The van der Waals surface area contributed by atoms with Crippen LogP contribution in [-0.4, -0.2) is 84.9 Å². The predicted molar refractivity (Wildman–Crippen MR) is 186 cm³/mol. The van der Waals surface area contributed by atoms with Crippen molar-refractivity contribution in [3.8, 4) is 11.5 Å². The van der Waals surface area contributed by atoms with Crippen molar-refractivity contribution in [3.05, 3.63) is 94.5 Å². The van der Waals surface area contributed by atoms with Crippen LogP contribution < -0.4 is 30.7 Å². The monoisotopic (exact) mass is 798 g/mol. The first kappa shape index (κ1) is 43.6. The number of ketones is 1. The van der Waals surface area contributed by atoms with Crippen molar-refractivity contribution >= 4 is 47.0 Å². The van der Waals surface area contributed by atoms with E-state index < -0.39 is 84.7 Å². The molecule has 296 valence electrons. The first-order valence-corrected chi connectivity index (χ1v) is 16.6. The molecule has 55 heavy (non-hydrogen) atoms. The molecule has 0 saturated carbocycles. The molecule has 0 saturated heterocycles. The van der Waals surface area contributed by atoms with Crippen molar-refractivity contribution < 1.29 is 65.3 Å². The van der Waals surface area contributed by atoms with E-state index in [4.69, 9.17) is 26.2 Å². The molecule has 0 aliphatic rings. The summed E-state index contributed by atoms with van der Waals surface area (Å²) in [5, 5.41) is 17.2. The minimum absolute atomic E-state index is 0.0227. The summed E-state index contributed by atoms with van der Waals surface area (Å²) >= 11 is 6.13. The average Bonchev–Trinajstić information content (AvgIpc) is 3.13. The number of rotatable bonds is 18. The number of nitrogens with one attached hydrogen (secondary N) is 4. The maximum atomic E-state index is 14.9. The van der Waals surface area contributed by atoms with Gasteiger partial charge in [-0.05, 0) is 65.6 Å². The van der Waals surface area contributed by atoms with E-state index in [0.29, 0.717) is 16.3 Å². The third kappa shape index (κ3) is 12.9. The van der Waals surface area contributed by atoms with Crippen LogP contribution in [0.3, 0.4) is 0 Å². The average molecular weight is 799 g/mol. The zero-order chi connectivity index (χ0) is 41.1. The van der Waals surface area contributed by atoms with Gasteiger partial charge in [0.05, 0.1) is 13.2 Å². The maximum Gasteiger partial charge on any atom is 0.405 e. The van der Waals surface area contributed by atoms with Gasteiger partial charge < -0.3 is 35.8 Å². The molecule has 3 rings (SSSR count). The Morgan fingerprint density at radius 3 is 1.98 bits per heavy atom. The van der Waals surface area contributed by atoms with Gasteiger partial charge in [-0.25, -0.2) is 4.79 Å². The smallest absolute Gasteiger partial charge is 0.405 e. The quantitative estimate of drug-likeness (QED) is 0.0935. The van der Waals surface area contributed by atoms with Crippen LogP contribution in [-0.2, 0) is 30.4 Å². The lowest BCUT2D eigenvalue weighted by molar-refractivity contribution is -0.165. The number of aliphatic carboxylic acids is 1. The highest BCUT2D eigenvalue weighted by atomic mass is 35.5. The van der Waals surface area contributed by atoms with Gasteiger partial charge in [0.15, 0.2) is 6.61 Å². The van der Waals surface area contributed by atoms with E-state index in [0.717, 1.165) is 5.32 Å². The molecule has 0 bridgehead atoms. The molecule has 0 heterocycles. The van der Waals surface area contributed by atoms with Crippen molar-refractivity contribution in [2.75, 3.05) is 20.3 Å². The number of hydrogen-bond acceptors (Lipinski definition) is 8. The summed E-state index contributed by atoms with van der Waals surface area (Å²) in [4.78, 5) is 77.0. The first-order valence-electron chi connectivity index (χ1n) is 16.2. The Kier molecular flexibility index (Phi) is 15.1. The third-order valence-electron chi connectivity index (χ3n) is 7.72. The second-order valence-corrected chi connectivity index (χ2v) is 12.7. The molecule has 3 unspecified atom stereocenters. The molecule has 0 radical (unpaired) electrons. The molecule has 0 aliphatic carbocycles. The maximum absolute atomic E-state index is 14.9. The van der Waals surface area contributed by atoms with Gasteiger partial charge in [-0.2, -0.15) is 22.0 Å². The number of ether oxygens (including phenoxy) is 2. The van der Waals surface area contributed by atoms with E-state index in [-0.39, 0.29) is 23.3 Å². The number of methoxy groups -OCH3 is 1. The predicted octanol–water partition coefficient (Wildman–Crippen LogP) is 4.03. The van der Waals surface area contributed by atoms with Crippen LogP contribution in [0.2, 0.25) is 5.02 Å². The first-order chi connectivity index (χ1) is 25.7. The fraction of sp³-hybridized carbons (Fsp3) is 0.333. The Bertz CT molecular complexity index is 1860. The topological polar surface area (TPSA) is 189 Å². The van der Waals surface area contributed by atoms with Crippen LogP contribution in [0.5, 0.6) is 11.5 Å².